The van der Waals surface area contributed by atoms with Gasteiger partial charge < -0.3 is 14.4 Å². The summed E-state index contributed by atoms with van der Waals surface area (Å²) >= 11 is 0. The maximum atomic E-state index is 8.16. The Hall–Kier alpha value is -5.41. The highest BCUT2D eigenvalue weighted by molar-refractivity contribution is 6.18. The first-order valence-electron chi connectivity index (χ1n) is 14.2. The van der Waals surface area contributed by atoms with Crippen LogP contribution >= 0.6 is 0 Å². The molecule has 0 saturated heterocycles. The van der Waals surface area contributed by atoms with Gasteiger partial charge >= 0.3 is 0 Å². The maximum absolute atomic E-state index is 8.16. The zero-order valence-corrected chi connectivity index (χ0v) is 23.7. The van der Waals surface area contributed by atoms with Gasteiger partial charge in [-0.3, -0.25) is 0 Å². The molecule has 1 aliphatic rings. The van der Waals surface area contributed by atoms with Gasteiger partial charge in [-0.05, 0) is 84.2 Å². The number of nitrogens with zero attached hydrogens (tertiary/aromatic N) is 1. The predicted molar refractivity (Wildman–Crippen MR) is 180 cm³/mol. The van der Waals surface area contributed by atoms with E-state index in [-0.39, 0.29) is 0 Å². The third-order valence-corrected chi connectivity index (χ3v) is 8.34. The molecule has 0 aliphatic heterocycles. The van der Waals surface area contributed by atoms with Crippen molar-refractivity contribution >= 4 is 62.3 Å². The summed E-state index contributed by atoms with van der Waals surface area (Å²) in [5.41, 5.74) is 12.8. The number of fused-ring (bicyclic) bond motifs is 5. The summed E-state index contributed by atoms with van der Waals surface area (Å²) < 4.78 is 8.42. The van der Waals surface area contributed by atoms with Crippen molar-refractivity contribution in [2.75, 3.05) is 0 Å². The molecule has 1 N–H and O–H groups in total. The lowest BCUT2D eigenvalue weighted by molar-refractivity contribution is 0.603. The van der Waals surface area contributed by atoms with E-state index in [2.05, 4.69) is 109 Å². The number of nitrogens with one attached hydrogen (secondary N) is 1. The molecule has 0 atom stereocenters. The number of allylic oxidation sites excluding steroid dienone is 6. The number of furan rings is 1. The Bertz CT molecular complexity index is 2210. The van der Waals surface area contributed by atoms with E-state index >= 15 is 0 Å². The van der Waals surface area contributed by atoms with E-state index in [1.807, 2.05) is 26.0 Å². The minimum atomic E-state index is 0.787. The van der Waals surface area contributed by atoms with Gasteiger partial charge in [0.15, 0.2) is 0 Å². The standard InChI is InChI=1S/C39H30N2O/c1-5-12-29-32-22-25(18-20-38(32)42-37(29)8-4)24-17-19-35-31(21-24)28-13-9-10-15-34(28)41(35)36-16-11-14-30-26(6-2)33(23-40)27(7-3)39(30)36/h5-23,40H,2,4H2,1,3H3/b12-5-,27-7-,40-23?. The Balaban J connectivity index is 1.47. The van der Waals surface area contributed by atoms with Crippen LogP contribution in [0, 0.1) is 5.41 Å². The van der Waals surface area contributed by atoms with E-state index in [1.165, 1.54) is 17.0 Å². The van der Waals surface area contributed by atoms with Gasteiger partial charge in [-0.1, -0.05) is 79.9 Å². The number of para-hydroxylation sites is 1. The van der Waals surface area contributed by atoms with E-state index in [9.17, 15) is 0 Å². The molecule has 3 nitrogen and oxygen atoms in total. The molecule has 42 heavy (non-hydrogen) atoms. The fourth-order valence-electron chi connectivity index (χ4n) is 6.55. The third-order valence-electron chi connectivity index (χ3n) is 8.34. The zero-order chi connectivity index (χ0) is 29.0. The van der Waals surface area contributed by atoms with Crippen molar-refractivity contribution in [2.45, 2.75) is 13.8 Å². The molecule has 7 rings (SSSR count). The molecule has 4 aromatic carbocycles. The van der Waals surface area contributed by atoms with Crippen molar-refractivity contribution in [1.29, 1.82) is 5.41 Å². The van der Waals surface area contributed by atoms with Crippen molar-refractivity contribution in [3.63, 3.8) is 0 Å². The molecular weight excluding hydrogens is 512 g/mol. The summed E-state index contributed by atoms with van der Waals surface area (Å²) in [6.45, 7) is 12.1. The summed E-state index contributed by atoms with van der Waals surface area (Å²) in [6.07, 6.45) is 11.3. The highest BCUT2D eigenvalue weighted by atomic mass is 16.3. The lowest BCUT2D eigenvalue weighted by Crippen LogP contribution is -2.00. The van der Waals surface area contributed by atoms with Crippen LogP contribution in [0.4, 0.5) is 0 Å². The molecule has 0 saturated carbocycles. The minimum absolute atomic E-state index is 0.787. The Morgan fingerprint density at radius 2 is 1.52 bits per heavy atom. The predicted octanol–water partition coefficient (Wildman–Crippen LogP) is 10.9. The van der Waals surface area contributed by atoms with Gasteiger partial charge in [0.05, 0.1) is 16.7 Å². The van der Waals surface area contributed by atoms with Crippen LogP contribution in [0.3, 0.4) is 0 Å². The summed E-state index contributed by atoms with van der Waals surface area (Å²) in [6, 6.07) is 28.1. The van der Waals surface area contributed by atoms with Gasteiger partial charge in [-0.15, -0.1) is 0 Å². The highest BCUT2D eigenvalue weighted by Gasteiger charge is 2.27. The largest absolute Gasteiger partial charge is 0.456 e. The third kappa shape index (κ3) is 3.57. The van der Waals surface area contributed by atoms with Crippen LogP contribution in [-0.4, -0.2) is 10.8 Å². The molecule has 2 aromatic heterocycles. The normalized spacial score (nSPS) is 14.1. The van der Waals surface area contributed by atoms with E-state index in [4.69, 9.17) is 9.83 Å². The molecule has 3 heteroatoms. The van der Waals surface area contributed by atoms with Crippen LogP contribution in [0.15, 0.2) is 120 Å². The number of aromatic nitrogens is 1. The smallest absolute Gasteiger partial charge is 0.135 e. The molecule has 1 aliphatic carbocycles. The molecule has 0 radical (unpaired) electrons. The van der Waals surface area contributed by atoms with Crippen LogP contribution < -0.4 is 0 Å². The summed E-state index contributed by atoms with van der Waals surface area (Å²) in [5.74, 6) is 0.787. The Kier molecular flexibility index (Phi) is 6.02. The lowest BCUT2D eigenvalue weighted by Gasteiger charge is -2.15. The highest BCUT2D eigenvalue weighted by Crippen LogP contribution is 2.46. The Morgan fingerprint density at radius 1 is 0.762 bits per heavy atom. The molecule has 6 aromatic rings. The molecule has 0 bridgehead atoms. The second-order valence-corrected chi connectivity index (χ2v) is 10.5. The number of hydrogen-bond donors (Lipinski definition) is 1. The van der Waals surface area contributed by atoms with Gasteiger partial charge in [0.25, 0.3) is 0 Å². The first kappa shape index (κ1) is 25.6. The fourth-order valence-corrected chi connectivity index (χ4v) is 6.55. The first-order valence-corrected chi connectivity index (χ1v) is 14.2. The van der Waals surface area contributed by atoms with Gasteiger partial charge in [-0.25, -0.2) is 0 Å². The summed E-state index contributed by atoms with van der Waals surface area (Å²) in [7, 11) is 0. The average Bonchev–Trinajstić information content (AvgIpc) is 3.67. The van der Waals surface area contributed by atoms with Crippen LogP contribution in [0.5, 0.6) is 0 Å². The Morgan fingerprint density at radius 3 is 2.26 bits per heavy atom. The van der Waals surface area contributed by atoms with E-state index in [0.29, 0.717) is 0 Å². The zero-order valence-electron chi connectivity index (χ0n) is 23.7. The maximum Gasteiger partial charge on any atom is 0.135 e. The molecule has 0 fully saturated rings. The summed E-state index contributed by atoms with van der Waals surface area (Å²) in [5, 5.41) is 11.6. The van der Waals surface area contributed by atoms with E-state index in [0.717, 1.165) is 78.0 Å². The minimum Gasteiger partial charge on any atom is -0.456 e. The molecule has 202 valence electrons. The lowest BCUT2D eigenvalue weighted by atomic mass is 9.99. The summed E-state index contributed by atoms with van der Waals surface area (Å²) in [4.78, 5) is 0. The molecular formula is C39H30N2O. The second-order valence-electron chi connectivity index (χ2n) is 10.5. The van der Waals surface area contributed by atoms with E-state index in [1.54, 1.807) is 6.08 Å². The van der Waals surface area contributed by atoms with Crippen LogP contribution in [-0.2, 0) is 0 Å². The second kappa shape index (κ2) is 9.90. The Labute approximate surface area is 245 Å². The van der Waals surface area contributed by atoms with Gasteiger partial charge in [0.1, 0.15) is 11.3 Å². The molecule has 2 heterocycles. The number of benzene rings is 4. The average molecular weight is 543 g/mol. The van der Waals surface area contributed by atoms with Gasteiger partial charge in [0, 0.05) is 39.1 Å². The molecule has 0 amide bonds. The van der Waals surface area contributed by atoms with Crippen molar-refractivity contribution in [3.05, 3.63) is 138 Å². The van der Waals surface area contributed by atoms with Crippen LogP contribution in [0.25, 0.3) is 72.9 Å². The van der Waals surface area contributed by atoms with Crippen molar-refractivity contribution in [2.24, 2.45) is 0 Å². The molecule has 0 unspecified atom stereocenters. The number of hydrogen-bond acceptors (Lipinski definition) is 2. The van der Waals surface area contributed by atoms with Crippen LogP contribution in [0.2, 0.25) is 0 Å². The van der Waals surface area contributed by atoms with Crippen molar-refractivity contribution in [1.82, 2.24) is 4.57 Å². The number of rotatable bonds is 6. The van der Waals surface area contributed by atoms with Crippen molar-refractivity contribution < 1.29 is 4.42 Å². The van der Waals surface area contributed by atoms with Crippen molar-refractivity contribution in [3.8, 4) is 16.8 Å². The van der Waals surface area contributed by atoms with Gasteiger partial charge in [-0.2, -0.15) is 0 Å². The monoisotopic (exact) mass is 542 g/mol. The van der Waals surface area contributed by atoms with Gasteiger partial charge in [0.2, 0.25) is 0 Å². The van der Waals surface area contributed by atoms with E-state index < -0.39 is 0 Å². The quantitative estimate of drug-likeness (QED) is 0.209. The molecule has 0 spiro atoms. The fraction of sp³-hybridized carbons (Fsp3) is 0.0513. The first-order chi connectivity index (χ1) is 20.6. The topological polar surface area (TPSA) is 41.9 Å². The van der Waals surface area contributed by atoms with Crippen LogP contribution in [0.1, 0.15) is 36.3 Å². The SMILES string of the molecule is C=CC1=C(C=N)/C(=C/C)c2c1cccc2-n1c2ccccc2c2cc(-c3ccc4oc(C=C)c(/C=C\C)c4c3)ccc21.